The second-order valence-electron chi connectivity index (χ2n) is 3.04. The normalized spacial score (nSPS) is 11.9. The Bertz CT molecular complexity index is 462. The van der Waals surface area contributed by atoms with Gasteiger partial charge in [0.25, 0.3) is 10.0 Å². The maximum Gasteiger partial charge on any atom is 0.352 e. The second kappa shape index (κ2) is 4.01. The highest BCUT2D eigenvalue weighted by Crippen LogP contribution is 2.10. The van der Waals surface area contributed by atoms with E-state index in [9.17, 15) is 13.2 Å². The van der Waals surface area contributed by atoms with E-state index in [0.29, 0.717) is 0 Å². The molecule has 0 aliphatic carbocycles. The topological polar surface area (TPSA) is 103 Å². The summed E-state index contributed by atoms with van der Waals surface area (Å²) in [6.07, 6.45) is 1.12. The first-order valence-electron chi connectivity index (χ1n) is 3.94. The van der Waals surface area contributed by atoms with Crippen molar-refractivity contribution in [1.29, 1.82) is 0 Å². The van der Waals surface area contributed by atoms with Crippen molar-refractivity contribution in [3.05, 3.63) is 18.0 Å². The highest BCUT2D eigenvalue weighted by molar-refractivity contribution is 7.89. The molecule has 0 atom stereocenters. The van der Waals surface area contributed by atoms with Crippen LogP contribution in [0.3, 0.4) is 0 Å². The molecule has 1 aromatic heterocycles. The van der Waals surface area contributed by atoms with Crippen molar-refractivity contribution in [2.45, 2.75) is 4.90 Å². The number of hydrogen-bond acceptors (Lipinski definition) is 4. The first-order valence-corrected chi connectivity index (χ1v) is 5.43. The fraction of sp³-hybridized carbons (Fsp3) is 0.286. The van der Waals surface area contributed by atoms with Gasteiger partial charge in [-0.2, -0.15) is 0 Å². The number of nitrogens with zero attached hydrogens (tertiary/aromatic N) is 1. The molecule has 0 saturated carbocycles. The Hall–Kier alpha value is -1.38. The van der Waals surface area contributed by atoms with Gasteiger partial charge in [0.05, 0.1) is 0 Å². The molecule has 0 amide bonds. The van der Waals surface area contributed by atoms with Crippen LogP contribution < -0.4 is 4.83 Å². The van der Waals surface area contributed by atoms with Crippen molar-refractivity contribution in [3.63, 3.8) is 0 Å². The molecule has 7 nitrogen and oxygen atoms in total. The van der Waals surface area contributed by atoms with Crippen LogP contribution in [0.1, 0.15) is 10.5 Å². The number of rotatable bonds is 4. The number of hydrazine groups is 1. The number of H-pyrrole nitrogens is 1. The number of aromatic carboxylic acids is 1. The lowest BCUT2D eigenvalue weighted by Crippen LogP contribution is -2.35. The molecule has 0 bridgehead atoms. The smallest absolute Gasteiger partial charge is 0.352 e. The third kappa shape index (κ3) is 2.78. The summed E-state index contributed by atoms with van der Waals surface area (Å²) in [5, 5.41) is 9.84. The molecule has 0 radical (unpaired) electrons. The van der Waals surface area contributed by atoms with Crippen LogP contribution in [0.25, 0.3) is 0 Å². The highest BCUT2D eigenvalue weighted by Gasteiger charge is 2.18. The predicted octanol–water partition coefficient (Wildman–Crippen LogP) is -0.532. The van der Waals surface area contributed by atoms with E-state index >= 15 is 0 Å². The van der Waals surface area contributed by atoms with Crippen molar-refractivity contribution in [1.82, 2.24) is 14.8 Å². The summed E-state index contributed by atoms with van der Waals surface area (Å²) >= 11 is 0. The Morgan fingerprint density at radius 1 is 1.53 bits per heavy atom. The van der Waals surface area contributed by atoms with Crippen LogP contribution in [-0.2, 0) is 10.0 Å². The van der Waals surface area contributed by atoms with Crippen LogP contribution in [0, 0.1) is 0 Å². The maximum absolute atomic E-state index is 11.5. The Kier molecular flexibility index (Phi) is 3.12. The van der Waals surface area contributed by atoms with Crippen LogP contribution in [0.2, 0.25) is 0 Å². The van der Waals surface area contributed by atoms with E-state index in [-0.39, 0.29) is 10.6 Å². The number of carbonyl (C=O) groups is 1. The first-order chi connectivity index (χ1) is 6.83. The zero-order valence-electron chi connectivity index (χ0n) is 8.18. The van der Waals surface area contributed by atoms with E-state index in [1.807, 2.05) is 0 Å². The van der Waals surface area contributed by atoms with Crippen LogP contribution in [0.5, 0.6) is 0 Å². The Morgan fingerprint density at radius 3 is 2.53 bits per heavy atom. The zero-order valence-corrected chi connectivity index (χ0v) is 9.00. The van der Waals surface area contributed by atoms with Crippen LogP contribution in [-0.4, -0.2) is 43.6 Å². The molecule has 0 fully saturated rings. The lowest BCUT2D eigenvalue weighted by atomic mass is 10.4. The molecule has 0 aliphatic rings. The molecular formula is C7H11N3O4S. The van der Waals surface area contributed by atoms with E-state index in [1.165, 1.54) is 19.1 Å². The highest BCUT2D eigenvalue weighted by atomic mass is 32.2. The summed E-state index contributed by atoms with van der Waals surface area (Å²) < 4.78 is 23.0. The first kappa shape index (κ1) is 11.7. The standard InChI is InChI=1S/C7H11N3O4S/c1-10(2)9-15(13,14)5-3-6(7(11)12)8-4-5/h3-4,8-9H,1-2H3,(H,11,12). The van der Waals surface area contributed by atoms with Gasteiger partial charge < -0.3 is 10.1 Å². The summed E-state index contributed by atoms with van der Waals surface area (Å²) in [6.45, 7) is 0. The Morgan fingerprint density at radius 2 is 2.13 bits per heavy atom. The monoisotopic (exact) mass is 233 g/mol. The van der Waals surface area contributed by atoms with E-state index < -0.39 is 16.0 Å². The lowest BCUT2D eigenvalue weighted by molar-refractivity contribution is 0.0691. The van der Waals surface area contributed by atoms with Gasteiger partial charge in [0.15, 0.2) is 0 Å². The fourth-order valence-corrected chi connectivity index (χ4v) is 2.02. The number of carboxylic acid groups (broad SMARTS) is 1. The molecule has 0 aromatic carbocycles. The van der Waals surface area contributed by atoms with Gasteiger partial charge in [0.2, 0.25) is 0 Å². The minimum absolute atomic E-state index is 0.117. The number of sulfonamides is 1. The van der Waals surface area contributed by atoms with Crippen molar-refractivity contribution in [2.75, 3.05) is 14.1 Å². The van der Waals surface area contributed by atoms with Crippen LogP contribution in [0.15, 0.2) is 17.2 Å². The van der Waals surface area contributed by atoms with E-state index in [2.05, 4.69) is 9.82 Å². The van der Waals surface area contributed by atoms with Crippen LogP contribution >= 0.6 is 0 Å². The van der Waals surface area contributed by atoms with Crippen molar-refractivity contribution >= 4 is 16.0 Å². The van der Waals surface area contributed by atoms with Gasteiger partial charge in [0, 0.05) is 20.3 Å². The summed E-state index contributed by atoms with van der Waals surface area (Å²) in [5.74, 6) is -1.21. The molecule has 15 heavy (non-hydrogen) atoms. The molecule has 3 N–H and O–H groups in total. The van der Waals surface area contributed by atoms with Gasteiger partial charge in [-0.1, -0.05) is 0 Å². The van der Waals surface area contributed by atoms with Gasteiger partial charge in [-0.05, 0) is 6.07 Å². The molecule has 1 rings (SSSR count). The number of aromatic nitrogens is 1. The zero-order chi connectivity index (χ0) is 11.6. The fourth-order valence-electron chi connectivity index (χ4n) is 0.946. The third-order valence-corrected chi connectivity index (χ3v) is 2.96. The summed E-state index contributed by atoms with van der Waals surface area (Å²) in [6, 6.07) is 1.05. The lowest BCUT2D eigenvalue weighted by Gasteiger charge is -2.10. The molecule has 1 aromatic rings. The van der Waals surface area contributed by atoms with Crippen LogP contribution in [0.4, 0.5) is 0 Å². The van der Waals surface area contributed by atoms with Gasteiger partial charge in [-0.25, -0.2) is 18.2 Å². The van der Waals surface area contributed by atoms with E-state index in [1.54, 1.807) is 0 Å². The SMILES string of the molecule is CN(C)NS(=O)(=O)c1c[nH]c(C(=O)O)c1. The number of carboxylic acids is 1. The van der Waals surface area contributed by atoms with E-state index in [4.69, 9.17) is 5.11 Å². The summed E-state index contributed by atoms with van der Waals surface area (Å²) in [4.78, 5) is 14.9. The van der Waals surface area contributed by atoms with Crippen molar-refractivity contribution in [2.24, 2.45) is 0 Å². The third-order valence-electron chi connectivity index (χ3n) is 1.50. The Labute approximate surface area is 86.7 Å². The molecule has 1 heterocycles. The molecular weight excluding hydrogens is 222 g/mol. The predicted molar refractivity (Wildman–Crippen MR) is 51.8 cm³/mol. The molecule has 0 unspecified atom stereocenters. The Balaban J connectivity index is 3.01. The molecule has 0 saturated heterocycles. The molecule has 8 heteroatoms. The molecule has 0 spiro atoms. The van der Waals surface area contributed by atoms with Crippen molar-refractivity contribution in [3.8, 4) is 0 Å². The van der Waals surface area contributed by atoms with Crippen molar-refractivity contribution < 1.29 is 18.3 Å². The van der Waals surface area contributed by atoms with Gasteiger partial charge in [-0.15, -0.1) is 4.83 Å². The number of hydrogen-bond donors (Lipinski definition) is 3. The van der Waals surface area contributed by atoms with Gasteiger partial charge >= 0.3 is 5.97 Å². The molecule has 84 valence electrons. The molecule has 0 aliphatic heterocycles. The minimum Gasteiger partial charge on any atom is -0.477 e. The maximum atomic E-state index is 11.5. The quantitative estimate of drug-likeness (QED) is 0.606. The van der Waals surface area contributed by atoms with Gasteiger partial charge in [-0.3, -0.25) is 0 Å². The number of aromatic amines is 1. The minimum atomic E-state index is -3.69. The summed E-state index contributed by atoms with van der Waals surface area (Å²) in [7, 11) is -0.659. The van der Waals surface area contributed by atoms with Gasteiger partial charge in [0.1, 0.15) is 10.6 Å². The average Bonchev–Trinajstić information content (AvgIpc) is 2.48. The average molecular weight is 233 g/mol. The second-order valence-corrected chi connectivity index (χ2v) is 4.70. The summed E-state index contributed by atoms with van der Waals surface area (Å²) in [5.41, 5.74) is -0.172. The largest absolute Gasteiger partial charge is 0.477 e. The van der Waals surface area contributed by atoms with E-state index in [0.717, 1.165) is 12.3 Å². The number of nitrogens with one attached hydrogen (secondary N) is 2.